The molecule has 3 atom stereocenters. The number of urea groups is 1. The maximum Gasteiger partial charge on any atom is 0.434 e. The Kier molecular flexibility index (Phi) is 4.74. The minimum Gasteiger partial charge on any atom is -0.372 e. The Balaban J connectivity index is 1.56. The van der Waals surface area contributed by atoms with Crippen LogP contribution in [0.5, 0.6) is 0 Å². The molecule has 0 bridgehead atoms. The number of anilines is 1. The number of hydrogen-bond acceptors (Lipinski definition) is 8. The summed E-state index contributed by atoms with van der Waals surface area (Å²) in [5.41, 5.74) is -3.07. The number of amides is 4. The second-order valence-electron chi connectivity index (χ2n) is 9.38. The van der Waals surface area contributed by atoms with Gasteiger partial charge in [0, 0.05) is 19.2 Å². The van der Waals surface area contributed by atoms with Gasteiger partial charge >= 0.3 is 12.2 Å². The molecule has 15 heteroatoms. The van der Waals surface area contributed by atoms with Crippen LogP contribution in [0.15, 0.2) is 23.1 Å². The summed E-state index contributed by atoms with van der Waals surface area (Å²) in [5, 5.41) is 8.04. The van der Waals surface area contributed by atoms with Gasteiger partial charge in [-0.25, -0.2) is 14.2 Å². The number of fused-ring (bicyclic) bond motifs is 5. The van der Waals surface area contributed by atoms with Gasteiger partial charge in [0.25, 0.3) is 0 Å². The van der Waals surface area contributed by atoms with Crippen molar-refractivity contribution in [2.75, 3.05) is 11.4 Å². The third kappa shape index (κ3) is 3.19. The average Bonchev–Trinajstić information content (AvgIpc) is 3.44. The van der Waals surface area contributed by atoms with Gasteiger partial charge in [-0.1, -0.05) is 5.16 Å². The number of aromatic nitrogens is 3. The molecule has 0 saturated carbocycles. The number of carbonyl (C=O) groups excluding carboxylic acids is 3. The van der Waals surface area contributed by atoms with Gasteiger partial charge in [0.15, 0.2) is 22.7 Å². The lowest BCUT2D eigenvalue weighted by Crippen LogP contribution is -2.75. The predicted octanol–water partition coefficient (Wildman–Crippen LogP) is 2.06. The topological polar surface area (TPSA) is 132 Å². The van der Waals surface area contributed by atoms with Crippen molar-refractivity contribution in [3.05, 3.63) is 35.7 Å². The molecule has 11 nitrogen and oxygen atoms in total. The van der Waals surface area contributed by atoms with E-state index in [0.29, 0.717) is 6.20 Å². The van der Waals surface area contributed by atoms with Gasteiger partial charge in [-0.2, -0.15) is 13.2 Å². The van der Waals surface area contributed by atoms with Crippen molar-refractivity contribution in [2.24, 2.45) is 5.41 Å². The highest BCUT2D eigenvalue weighted by Gasteiger charge is 2.63. The van der Waals surface area contributed by atoms with Crippen LogP contribution in [0.2, 0.25) is 0 Å². The number of alkyl halides is 3. The van der Waals surface area contributed by atoms with Crippen molar-refractivity contribution >= 4 is 34.5 Å². The molecule has 4 amide bonds. The standard InChI is InChI=1S/C22H18F4N6O5/c1-8-5-32-14-10(4-21(16(32)9(2)36-8)18(33)28-20(35)29-19(21)34)3-11-15(13(14)23)37-30-17(11)31-6-12(27-7-31)22(24,25)26/h3,6-9,16H,4-5H2,1-2H3,(H2,28,29,33,34,35). The lowest BCUT2D eigenvalue weighted by atomic mass is 9.66. The Morgan fingerprint density at radius 3 is 2.51 bits per heavy atom. The highest BCUT2D eigenvalue weighted by atomic mass is 19.4. The molecule has 194 valence electrons. The summed E-state index contributed by atoms with van der Waals surface area (Å²) in [7, 11) is 0. The Morgan fingerprint density at radius 2 is 1.86 bits per heavy atom. The van der Waals surface area contributed by atoms with Crippen molar-refractivity contribution in [1.29, 1.82) is 0 Å². The van der Waals surface area contributed by atoms with Gasteiger partial charge in [-0.15, -0.1) is 0 Å². The number of ether oxygens (including phenoxy) is 1. The van der Waals surface area contributed by atoms with Crippen LogP contribution in [-0.2, 0) is 26.9 Å². The number of hydrogen-bond donors (Lipinski definition) is 2. The number of benzene rings is 1. The maximum atomic E-state index is 16.0. The largest absolute Gasteiger partial charge is 0.434 e. The van der Waals surface area contributed by atoms with E-state index in [1.807, 2.05) is 0 Å². The Bertz CT molecular complexity index is 1480. The number of halogens is 4. The van der Waals surface area contributed by atoms with E-state index in [1.165, 1.54) is 6.07 Å². The normalized spacial score (nSPS) is 25.2. The predicted molar refractivity (Wildman–Crippen MR) is 115 cm³/mol. The number of nitrogens with zero attached hydrogens (tertiary/aromatic N) is 4. The minimum absolute atomic E-state index is 0.0121. The van der Waals surface area contributed by atoms with E-state index in [4.69, 9.17) is 9.26 Å². The van der Waals surface area contributed by atoms with Crippen LogP contribution in [0.3, 0.4) is 0 Å². The third-order valence-electron chi connectivity index (χ3n) is 7.06. The smallest absolute Gasteiger partial charge is 0.372 e. The van der Waals surface area contributed by atoms with Gasteiger partial charge in [0.1, 0.15) is 6.33 Å². The molecule has 0 radical (unpaired) electrons. The van der Waals surface area contributed by atoms with E-state index in [2.05, 4.69) is 20.8 Å². The average molecular weight is 522 g/mol. The number of morpholine rings is 1. The van der Waals surface area contributed by atoms with Crippen molar-refractivity contribution in [1.82, 2.24) is 25.3 Å². The molecular weight excluding hydrogens is 504 g/mol. The number of imidazole rings is 1. The molecular formula is C22H18F4N6O5. The summed E-state index contributed by atoms with van der Waals surface area (Å²) in [4.78, 5) is 43.2. The van der Waals surface area contributed by atoms with Crippen LogP contribution < -0.4 is 15.5 Å². The van der Waals surface area contributed by atoms with Crippen molar-refractivity contribution in [3.63, 3.8) is 0 Å². The third-order valence-corrected chi connectivity index (χ3v) is 7.06. The lowest BCUT2D eigenvalue weighted by Gasteiger charge is -2.55. The fourth-order valence-corrected chi connectivity index (χ4v) is 5.71. The monoisotopic (exact) mass is 522 g/mol. The summed E-state index contributed by atoms with van der Waals surface area (Å²) in [6, 6.07) is -0.520. The number of carbonyl (C=O) groups is 3. The number of barbiturate groups is 1. The molecule has 2 N–H and O–H groups in total. The summed E-state index contributed by atoms with van der Waals surface area (Å²) >= 11 is 0. The molecule has 2 saturated heterocycles. The molecule has 0 aliphatic carbocycles. The lowest BCUT2D eigenvalue weighted by molar-refractivity contribution is -0.153. The SMILES string of the molecule is CC1CN2c3c(cc4c(-n5cnc(C(F)(F)F)c5)noc4c3F)CC3(C(=O)NC(=O)NC3=O)C2C(C)O1. The van der Waals surface area contributed by atoms with Crippen molar-refractivity contribution in [3.8, 4) is 5.82 Å². The Hall–Kier alpha value is -4.01. The second kappa shape index (κ2) is 7.50. The van der Waals surface area contributed by atoms with Crippen molar-refractivity contribution < 1.29 is 41.2 Å². The molecule has 3 aliphatic rings. The summed E-state index contributed by atoms with van der Waals surface area (Å²) in [5.74, 6) is -2.73. The molecule has 6 rings (SSSR count). The highest BCUT2D eigenvalue weighted by molar-refractivity contribution is 6.20. The maximum absolute atomic E-state index is 16.0. The molecule has 3 aromatic rings. The minimum atomic E-state index is -4.71. The van der Waals surface area contributed by atoms with E-state index in [9.17, 15) is 27.6 Å². The van der Waals surface area contributed by atoms with Gasteiger partial charge in [-0.05, 0) is 25.5 Å². The first kappa shape index (κ1) is 23.4. The molecule has 1 aromatic carbocycles. The number of imide groups is 2. The first-order valence-electron chi connectivity index (χ1n) is 11.2. The fraction of sp³-hybridized carbons (Fsp3) is 0.409. The van der Waals surface area contributed by atoms with E-state index >= 15 is 4.39 Å². The summed E-state index contributed by atoms with van der Waals surface area (Å²) in [6.07, 6.45) is -4.59. The molecule has 1 spiro atoms. The van der Waals surface area contributed by atoms with Crippen LogP contribution in [0, 0.1) is 11.2 Å². The molecule has 2 fully saturated rings. The van der Waals surface area contributed by atoms with Gasteiger partial charge in [0.05, 0.1) is 29.3 Å². The molecule has 2 aromatic heterocycles. The van der Waals surface area contributed by atoms with E-state index in [1.54, 1.807) is 18.7 Å². The molecule has 37 heavy (non-hydrogen) atoms. The van der Waals surface area contributed by atoms with Crippen LogP contribution in [0.25, 0.3) is 16.8 Å². The molecule has 5 heterocycles. The zero-order chi connectivity index (χ0) is 26.4. The van der Waals surface area contributed by atoms with E-state index in [-0.39, 0.29) is 41.0 Å². The second-order valence-corrected chi connectivity index (χ2v) is 9.38. The van der Waals surface area contributed by atoms with Crippen molar-refractivity contribution in [2.45, 2.75) is 44.7 Å². The quantitative estimate of drug-likeness (QED) is 0.367. The van der Waals surface area contributed by atoms with Crippen LogP contribution in [0.4, 0.5) is 28.0 Å². The van der Waals surface area contributed by atoms with E-state index < -0.39 is 59.2 Å². The fourth-order valence-electron chi connectivity index (χ4n) is 5.71. The van der Waals surface area contributed by atoms with Gasteiger partial charge in [0.2, 0.25) is 17.4 Å². The zero-order valence-electron chi connectivity index (χ0n) is 19.2. The summed E-state index contributed by atoms with van der Waals surface area (Å²) < 4.78 is 67.3. The first-order chi connectivity index (χ1) is 17.4. The Labute approximate surface area is 204 Å². The van der Waals surface area contributed by atoms with Crippen LogP contribution in [0.1, 0.15) is 25.1 Å². The Morgan fingerprint density at radius 1 is 1.16 bits per heavy atom. The number of rotatable bonds is 1. The van der Waals surface area contributed by atoms with Crippen LogP contribution in [-0.4, -0.2) is 57.3 Å². The van der Waals surface area contributed by atoms with Crippen LogP contribution >= 0.6 is 0 Å². The summed E-state index contributed by atoms with van der Waals surface area (Å²) in [6.45, 7) is 3.51. The first-order valence-corrected chi connectivity index (χ1v) is 11.2. The zero-order valence-corrected chi connectivity index (χ0v) is 19.2. The highest BCUT2D eigenvalue weighted by Crippen LogP contribution is 2.49. The van der Waals surface area contributed by atoms with Gasteiger partial charge in [-0.3, -0.25) is 24.8 Å². The van der Waals surface area contributed by atoms with Gasteiger partial charge < -0.3 is 14.2 Å². The van der Waals surface area contributed by atoms with E-state index in [0.717, 1.165) is 10.9 Å². The molecule has 3 unspecified atom stereocenters. The number of nitrogens with one attached hydrogen (secondary N) is 2. The molecule has 3 aliphatic heterocycles.